The zero-order valence-corrected chi connectivity index (χ0v) is 21.3. The summed E-state index contributed by atoms with van der Waals surface area (Å²) in [5.74, 6) is -0.300. The van der Waals surface area contributed by atoms with Gasteiger partial charge in [-0.05, 0) is 63.3 Å². The van der Waals surface area contributed by atoms with Crippen LogP contribution < -0.4 is 5.32 Å². The molecule has 2 fully saturated rings. The lowest BCUT2D eigenvalue weighted by molar-refractivity contribution is -0.137. The van der Waals surface area contributed by atoms with Crippen LogP contribution in [0, 0.1) is 18.3 Å². The van der Waals surface area contributed by atoms with Gasteiger partial charge < -0.3 is 10.4 Å². The zero-order chi connectivity index (χ0) is 27.8. The highest BCUT2D eigenvalue weighted by molar-refractivity contribution is 6.04. The van der Waals surface area contributed by atoms with Crippen molar-refractivity contribution in [2.24, 2.45) is 0 Å². The molecule has 4 heterocycles. The van der Waals surface area contributed by atoms with E-state index in [4.69, 9.17) is 0 Å². The van der Waals surface area contributed by atoms with Crippen LogP contribution in [-0.4, -0.2) is 60.9 Å². The van der Waals surface area contributed by atoms with Crippen LogP contribution in [0.15, 0.2) is 42.9 Å². The maximum Gasteiger partial charge on any atom is 0.417 e. The van der Waals surface area contributed by atoms with Crippen molar-refractivity contribution in [2.75, 3.05) is 18.4 Å². The minimum absolute atomic E-state index is 0.156. The van der Waals surface area contributed by atoms with E-state index in [1.54, 1.807) is 19.1 Å². The van der Waals surface area contributed by atoms with Gasteiger partial charge in [-0.2, -0.15) is 23.5 Å². The Kier molecular flexibility index (Phi) is 7.13. The number of alkyl halides is 3. The van der Waals surface area contributed by atoms with Crippen LogP contribution in [0.3, 0.4) is 0 Å². The van der Waals surface area contributed by atoms with Crippen molar-refractivity contribution < 1.29 is 23.1 Å². The second kappa shape index (κ2) is 10.4. The molecule has 0 bridgehead atoms. The summed E-state index contributed by atoms with van der Waals surface area (Å²) in [4.78, 5) is 23.6. The normalized spacial score (nSPS) is 23.9. The number of β-amino-alcohol motifs (C(OH)–C–C–N with tert-alkyl or cyclic N) is 1. The van der Waals surface area contributed by atoms with Gasteiger partial charge in [0.05, 0.1) is 58.2 Å². The Labute approximate surface area is 223 Å². The average Bonchev–Trinajstić information content (AvgIpc) is 3.54. The first-order chi connectivity index (χ1) is 18.6. The van der Waals surface area contributed by atoms with E-state index < -0.39 is 23.1 Å². The quantitative estimate of drug-likeness (QED) is 0.503. The number of nitrogens with zero attached hydrogens (tertiary/aromatic N) is 6. The average molecular weight is 540 g/mol. The molecule has 2 aliphatic rings. The monoisotopic (exact) mass is 539 g/mol. The smallest absolute Gasteiger partial charge is 0.392 e. The van der Waals surface area contributed by atoms with E-state index in [0.717, 1.165) is 38.1 Å². The number of anilines is 1. The third-order valence-corrected chi connectivity index (χ3v) is 7.79. The van der Waals surface area contributed by atoms with Crippen LogP contribution in [0.4, 0.5) is 18.9 Å². The SMILES string of the molecule is Cc1c(C(=O)Nc2ccc(C3(C#N)CCC(N4CCC(O)C4)CC3)nc2)cnn1-c1ccc(C(F)(F)F)cn1. The lowest BCUT2D eigenvalue weighted by Gasteiger charge is -2.38. The number of likely N-dealkylation sites (tertiary alicyclic amines) is 1. The molecule has 1 amide bonds. The number of halogens is 3. The van der Waals surface area contributed by atoms with E-state index >= 15 is 0 Å². The molecule has 0 aromatic carbocycles. The molecule has 1 atom stereocenters. The largest absolute Gasteiger partial charge is 0.417 e. The van der Waals surface area contributed by atoms with Gasteiger partial charge in [-0.15, -0.1) is 0 Å². The summed E-state index contributed by atoms with van der Waals surface area (Å²) in [6.45, 7) is 3.20. The van der Waals surface area contributed by atoms with Crippen molar-refractivity contribution in [3.63, 3.8) is 0 Å². The minimum atomic E-state index is -4.50. The fraction of sp³-hybridized carbons (Fsp3) is 0.444. The molecule has 9 nitrogen and oxygen atoms in total. The van der Waals surface area contributed by atoms with Crippen LogP contribution in [0.25, 0.3) is 5.82 Å². The fourth-order valence-corrected chi connectivity index (χ4v) is 5.48. The van der Waals surface area contributed by atoms with E-state index in [1.807, 2.05) is 0 Å². The number of pyridine rings is 2. The number of carbonyl (C=O) groups is 1. The molecular formula is C27H28F3N7O2. The molecule has 1 aliphatic heterocycles. The molecule has 0 spiro atoms. The predicted octanol–water partition coefficient (Wildman–Crippen LogP) is 4.01. The summed E-state index contributed by atoms with van der Waals surface area (Å²) in [5, 5.41) is 26.8. The number of rotatable bonds is 5. The molecule has 1 aliphatic carbocycles. The Morgan fingerprint density at radius 3 is 2.46 bits per heavy atom. The summed E-state index contributed by atoms with van der Waals surface area (Å²) >= 11 is 0. The van der Waals surface area contributed by atoms with Crippen molar-refractivity contribution in [3.8, 4) is 11.9 Å². The number of aliphatic hydroxyl groups is 1. The van der Waals surface area contributed by atoms with Gasteiger partial charge in [-0.3, -0.25) is 14.7 Å². The molecule has 0 radical (unpaired) electrons. The summed E-state index contributed by atoms with van der Waals surface area (Å²) in [5.41, 5.74) is 0.193. The highest BCUT2D eigenvalue weighted by atomic mass is 19.4. The van der Waals surface area contributed by atoms with Crippen molar-refractivity contribution in [2.45, 2.75) is 62.8 Å². The molecule has 3 aromatic heterocycles. The van der Waals surface area contributed by atoms with Crippen LogP contribution in [0.2, 0.25) is 0 Å². The molecule has 12 heteroatoms. The molecule has 1 saturated carbocycles. The molecule has 2 N–H and O–H groups in total. The number of nitriles is 1. The number of amides is 1. The van der Waals surface area contributed by atoms with Crippen molar-refractivity contribution in [1.82, 2.24) is 24.6 Å². The van der Waals surface area contributed by atoms with Crippen molar-refractivity contribution in [3.05, 3.63) is 65.4 Å². The summed E-state index contributed by atoms with van der Waals surface area (Å²) in [6, 6.07) is 8.42. The van der Waals surface area contributed by atoms with Crippen LogP contribution >= 0.6 is 0 Å². The first kappa shape index (κ1) is 26.8. The van der Waals surface area contributed by atoms with Crippen LogP contribution in [-0.2, 0) is 11.6 Å². The number of carbonyl (C=O) groups excluding carboxylic acids is 1. The minimum Gasteiger partial charge on any atom is -0.392 e. The van der Waals surface area contributed by atoms with Crippen LogP contribution in [0.1, 0.15) is 59.4 Å². The van der Waals surface area contributed by atoms with Crippen molar-refractivity contribution >= 4 is 11.6 Å². The highest BCUT2D eigenvalue weighted by Crippen LogP contribution is 2.40. The van der Waals surface area contributed by atoms with Gasteiger partial charge >= 0.3 is 6.18 Å². The molecule has 39 heavy (non-hydrogen) atoms. The Hall–Kier alpha value is -3.82. The second-order valence-corrected chi connectivity index (χ2v) is 10.2. The Balaban J connectivity index is 1.24. The Morgan fingerprint density at radius 1 is 1.13 bits per heavy atom. The fourth-order valence-electron chi connectivity index (χ4n) is 5.48. The summed E-state index contributed by atoms with van der Waals surface area (Å²) in [7, 11) is 0. The third-order valence-electron chi connectivity index (χ3n) is 7.79. The van der Waals surface area contributed by atoms with Crippen molar-refractivity contribution in [1.29, 1.82) is 5.26 Å². The highest BCUT2D eigenvalue weighted by Gasteiger charge is 2.41. The van der Waals surface area contributed by atoms with Gasteiger partial charge in [-0.25, -0.2) is 9.67 Å². The molecule has 3 aromatic rings. The van der Waals surface area contributed by atoms with E-state index in [9.17, 15) is 28.3 Å². The lowest BCUT2D eigenvalue weighted by Crippen LogP contribution is -2.41. The standard InChI is InChI=1S/C27H28F3N7O2/c1-17-22(14-34-37(17)24-5-2-18(12-33-24)27(28,29)30)25(39)35-19-3-4-23(32-13-19)26(16-31)9-6-20(7-10-26)36-11-8-21(38)15-36/h2-5,12-14,20-21,38H,6-11,15H2,1H3,(H,35,39). The zero-order valence-electron chi connectivity index (χ0n) is 21.3. The summed E-state index contributed by atoms with van der Waals surface area (Å²) in [6.07, 6.45) is 2.67. The van der Waals surface area contributed by atoms with Gasteiger partial charge in [-0.1, -0.05) is 0 Å². The van der Waals surface area contributed by atoms with Gasteiger partial charge in [0, 0.05) is 25.3 Å². The number of nitrogens with one attached hydrogen (secondary N) is 1. The first-order valence-electron chi connectivity index (χ1n) is 12.8. The Morgan fingerprint density at radius 2 is 1.90 bits per heavy atom. The van der Waals surface area contributed by atoms with Gasteiger partial charge in [0.15, 0.2) is 5.82 Å². The molecule has 1 unspecified atom stereocenters. The van der Waals surface area contributed by atoms with Crippen LogP contribution in [0.5, 0.6) is 0 Å². The number of hydrogen-bond acceptors (Lipinski definition) is 7. The number of hydrogen-bond donors (Lipinski definition) is 2. The van der Waals surface area contributed by atoms with Gasteiger partial charge in [0.1, 0.15) is 0 Å². The maximum atomic E-state index is 12.9. The summed E-state index contributed by atoms with van der Waals surface area (Å²) < 4.78 is 39.8. The topological polar surface area (TPSA) is 120 Å². The molecule has 204 valence electrons. The third kappa shape index (κ3) is 5.37. The van der Waals surface area contributed by atoms with E-state index in [-0.39, 0.29) is 17.5 Å². The Bertz CT molecular complexity index is 1370. The molecular weight excluding hydrogens is 511 g/mol. The second-order valence-electron chi connectivity index (χ2n) is 10.2. The molecule has 5 rings (SSSR count). The maximum absolute atomic E-state index is 12.9. The molecule has 1 saturated heterocycles. The number of aromatic nitrogens is 4. The van der Waals surface area contributed by atoms with E-state index in [0.29, 0.717) is 42.5 Å². The number of aliphatic hydroxyl groups excluding tert-OH is 1. The first-order valence-corrected chi connectivity index (χ1v) is 12.8. The van der Waals surface area contributed by atoms with E-state index in [1.165, 1.54) is 23.1 Å². The predicted molar refractivity (Wildman–Crippen MR) is 135 cm³/mol. The lowest BCUT2D eigenvalue weighted by atomic mass is 9.71. The van der Waals surface area contributed by atoms with E-state index in [2.05, 4.69) is 31.4 Å². The van der Waals surface area contributed by atoms with Gasteiger partial charge in [0.2, 0.25) is 0 Å². The van der Waals surface area contributed by atoms with Gasteiger partial charge in [0.25, 0.3) is 5.91 Å².